The van der Waals surface area contributed by atoms with Gasteiger partial charge in [0.15, 0.2) is 0 Å². The number of carboxylic acid groups (broad SMARTS) is 1. The minimum absolute atomic E-state index is 0.118. The highest BCUT2D eigenvalue weighted by Crippen LogP contribution is 2.51. The Bertz CT molecular complexity index is 2060. The lowest BCUT2D eigenvalue weighted by Gasteiger charge is -2.28. The van der Waals surface area contributed by atoms with Crippen molar-refractivity contribution in [3.05, 3.63) is 149 Å². The highest BCUT2D eigenvalue weighted by Gasteiger charge is 2.36. The zero-order valence-corrected chi connectivity index (χ0v) is 25.3. The Hall–Kier alpha value is -5.35. The number of benzene rings is 6. The normalized spacial score (nSPS) is 12.9. The molecule has 0 fully saturated rings. The molecule has 0 heterocycles. The Morgan fingerprint density at radius 2 is 1.09 bits per heavy atom. The van der Waals surface area contributed by atoms with Gasteiger partial charge in [0.1, 0.15) is 11.5 Å². The number of hydrogen-bond acceptors (Lipinski definition) is 3. The number of rotatable bonds is 6. The van der Waals surface area contributed by atoms with Gasteiger partial charge in [-0.05, 0) is 120 Å². The van der Waals surface area contributed by atoms with Crippen molar-refractivity contribution in [3.63, 3.8) is 0 Å². The molecule has 0 radical (unpaired) electrons. The fraction of sp³-hybridized carbons (Fsp3) is 0.125. The van der Waals surface area contributed by atoms with Crippen molar-refractivity contribution in [3.8, 4) is 22.6 Å². The van der Waals surface area contributed by atoms with Crippen LogP contribution in [-0.2, 0) is 5.41 Å². The second-order valence-electron chi connectivity index (χ2n) is 12.2. The summed E-state index contributed by atoms with van der Waals surface area (Å²) in [6.07, 6.45) is 0. The zero-order chi connectivity index (χ0) is 30.6. The highest BCUT2D eigenvalue weighted by molar-refractivity contribution is 5.91. The Morgan fingerprint density at radius 1 is 0.591 bits per heavy atom. The van der Waals surface area contributed by atoms with Gasteiger partial charge in [0.05, 0.1) is 5.56 Å². The van der Waals surface area contributed by atoms with Crippen LogP contribution in [0.2, 0.25) is 0 Å². The minimum atomic E-state index is -0.959. The van der Waals surface area contributed by atoms with E-state index in [1.54, 1.807) is 24.3 Å². The molecule has 0 unspecified atom stereocenters. The molecule has 0 spiro atoms. The predicted molar refractivity (Wildman–Crippen MR) is 179 cm³/mol. The number of aromatic carboxylic acids is 1. The van der Waals surface area contributed by atoms with Crippen molar-refractivity contribution in [2.24, 2.45) is 0 Å². The van der Waals surface area contributed by atoms with Gasteiger partial charge in [0.2, 0.25) is 0 Å². The van der Waals surface area contributed by atoms with E-state index >= 15 is 0 Å². The van der Waals surface area contributed by atoms with E-state index in [1.807, 2.05) is 12.1 Å². The minimum Gasteiger partial charge on any atom is -0.478 e. The van der Waals surface area contributed by atoms with Crippen molar-refractivity contribution >= 4 is 33.8 Å². The van der Waals surface area contributed by atoms with Crippen LogP contribution in [0.1, 0.15) is 46.5 Å². The smallest absolute Gasteiger partial charge is 0.335 e. The summed E-state index contributed by atoms with van der Waals surface area (Å²) in [7, 11) is 0. The zero-order valence-electron chi connectivity index (χ0n) is 25.3. The Morgan fingerprint density at radius 3 is 1.80 bits per heavy atom. The molecular weight excluding hydrogens is 542 g/mol. The summed E-state index contributed by atoms with van der Waals surface area (Å²) in [6.45, 7) is 8.92. The number of hydrogen-bond donors (Lipinski definition) is 1. The first kappa shape index (κ1) is 27.5. The third-order valence-electron chi connectivity index (χ3n) is 8.74. The average molecular weight is 576 g/mol. The third kappa shape index (κ3) is 4.79. The molecule has 0 saturated carbocycles. The molecule has 4 nitrogen and oxygen atoms in total. The Labute approximate surface area is 257 Å². The molecular formula is C40H33NO3. The predicted octanol–water partition coefficient (Wildman–Crippen LogP) is 10.7. The molecule has 0 saturated heterocycles. The van der Waals surface area contributed by atoms with E-state index in [9.17, 15) is 9.90 Å². The van der Waals surface area contributed by atoms with E-state index in [0.717, 1.165) is 17.1 Å². The van der Waals surface area contributed by atoms with Crippen molar-refractivity contribution in [1.29, 1.82) is 0 Å². The van der Waals surface area contributed by atoms with Crippen molar-refractivity contribution < 1.29 is 14.6 Å². The molecule has 7 rings (SSSR count). The van der Waals surface area contributed by atoms with Gasteiger partial charge in [0, 0.05) is 22.5 Å². The molecule has 6 aromatic rings. The van der Waals surface area contributed by atoms with Crippen LogP contribution >= 0.6 is 0 Å². The maximum absolute atomic E-state index is 11.2. The highest BCUT2D eigenvalue weighted by atomic mass is 16.5. The van der Waals surface area contributed by atoms with E-state index in [4.69, 9.17) is 4.74 Å². The summed E-state index contributed by atoms with van der Waals surface area (Å²) < 4.78 is 6.05. The fourth-order valence-corrected chi connectivity index (χ4v) is 6.38. The van der Waals surface area contributed by atoms with Crippen LogP contribution in [0.15, 0.2) is 121 Å². The molecule has 44 heavy (non-hydrogen) atoms. The van der Waals surface area contributed by atoms with E-state index in [2.05, 4.69) is 118 Å². The SMILES string of the molecule is Cc1ccc2c(c1)C(C)(C)c1cc(N(c3ccc(Oc4ccc(C(=O)O)cc4)cc3)c3ccc4cc(C)ccc4c3)ccc1-2. The monoisotopic (exact) mass is 575 g/mol. The van der Waals surface area contributed by atoms with Crippen LogP contribution < -0.4 is 9.64 Å². The van der Waals surface area contributed by atoms with Crippen LogP contribution in [0, 0.1) is 13.8 Å². The second kappa shape index (κ2) is 10.4. The van der Waals surface area contributed by atoms with Crippen molar-refractivity contribution in [1.82, 2.24) is 0 Å². The van der Waals surface area contributed by atoms with Crippen LogP contribution in [0.3, 0.4) is 0 Å². The van der Waals surface area contributed by atoms with Crippen LogP contribution in [0.25, 0.3) is 21.9 Å². The van der Waals surface area contributed by atoms with E-state index in [0.29, 0.717) is 11.5 Å². The standard InChI is InChI=1S/C40H33NO3/c1-25-5-7-29-23-31(11-8-28(29)21-25)41(30-12-17-34(18-13-30)44-33-15-9-27(10-16-33)39(42)43)32-14-20-36-35-19-6-26(2)22-37(35)40(3,4)38(36)24-32/h5-24H,1-4H3,(H,42,43). The number of anilines is 3. The molecule has 1 N–H and O–H groups in total. The molecule has 0 amide bonds. The van der Waals surface area contributed by atoms with Crippen molar-refractivity contribution in [2.75, 3.05) is 4.90 Å². The van der Waals surface area contributed by atoms with Crippen LogP contribution in [-0.4, -0.2) is 11.1 Å². The number of carbonyl (C=O) groups is 1. The first-order chi connectivity index (χ1) is 21.2. The summed E-state index contributed by atoms with van der Waals surface area (Å²) in [6, 6.07) is 41.3. The van der Waals surface area contributed by atoms with Gasteiger partial charge in [-0.3, -0.25) is 0 Å². The summed E-state index contributed by atoms with van der Waals surface area (Å²) >= 11 is 0. The summed E-state index contributed by atoms with van der Waals surface area (Å²) in [5.41, 5.74) is 11.1. The molecule has 1 aliphatic carbocycles. The first-order valence-electron chi connectivity index (χ1n) is 14.9. The fourth-order valence-electron chi connectivity index (χ4n) is 6.38. The van der Waals surface area contributed by atoms with Gasteiger partial charge in [-0.1, -0.05) is 73.5 Å². The number of fused-ring (bicyclic) bond motifs is 4. The molecule has 0 bridgehead atoms. The van der Waals surface area contributed by atoms with Gasteiger partial charge < -0.3 is 14.7 Å². The van der Waals surface area contributed by atoms with Crippen LogP contribution in [0.4, 0.5) is 17.1 Å². The Balaban J connectivity index is 1.30. The van der Waals surface area contributed by atoms with Gasteiger partial charge in [-0.25, -0.2) is 4.79 Å². The summed E-state index contributed by atoms with van der Waals surface area (Å²) in [5.74, 6) is 0.297. The quantitative estimate of drug-likeness (QED) is 0.215. The number of carboxylic acids is 1. The number of ether oxygens (including phenoxy) is 1. The molecule has 216 valence electrons. The number of aryl methyl sites for hydroxylation is 2. The lowest BCUT2D eigenvalue weighted by molar-refractivity contribution is 0.0697. The molecule has 0 aromatic heterocycles. The van der Waals surface area contributed by atoms with Crippen molar-refractivity contribution in [2.45, 2.75) is 33.1 Å². The van der Waals surface area contributed by atoms with E-state index in [-0.39, 0.29) is 11.0 Å². The molecule has 6 aromatic carbocycles. The Kier molecular flexibility index (Phi) is 6.51. The number of nitrogens with zero attached hydrogens (tertiary/aromatic N) is 1. The first-order valence-corrected chi connectivity index (χ1v) is 14.9. The maximum atomic E-state index is 11.2. The third-order valence-corrected chi connectivity index (χ3v) is 8.74. The molecule has 0 aliphatic heterocycles. The molecule has 4 heteroatoms. The largest absolute Gasteiger partial charge is 0.478 e. The van der Waals surface area contributed by atoms with Crippen LogP contribution in [0.5, 0.6) is 11.5 Å². The molecule has 1 aliphatic rings. The summed E-state index contributed by atoms with van der Waals surface area (Å²) in [5, 5.41) is 11.6. The lowest BCUT2D eigenvalue weighted by Crippen LogP contribution is -2.16. The van der Waals surface area contributed by atoms with Gasteiger partial charge >= 0.3 is 5.97 Å². The second-order valence-corrected chi connectivity index (χ2v) is 12.2. The van der Waals surface area contributed by atoms with E-state index < -0.39 is 5.97 Å². The summed E-state index contributed by atoms with van der Waals surface area (Å²) in [4.78, 5) is 13.5. The average Bonchev–Trinajstić information content (AvgIpc) is 3.23. The lowest BCUT2D eigenvalue weighted by atomic mass is 9.82. The van der Waals surface area contributed by atoms with Gasteiger partial charge in [0.25, 0.3) is 0 Å². The maximum Gasteiger partial charge on any atom is 0.335 e. The topological polar surface area (TPSA) is 49.8 Å². The van der Waals surface area contributed by atoms with Gasteiger partial charge in [-0.2, -0.15) is 0 Å². The van der Waals surface area contributed by atoms with E-state index in [1.165, 1.54) is 44.2 Å². The molecule has 0 atom stereocenters. The van der Waals surface area contributed by atoms with Gasteiger partial charge in [-0.15, -0.1) is 0 Å².